The molecule has 0 N–H and O–H groups in total. The van der Waals surface area contributed by atoms with Crippen LogP contribution in [0.4, 0.5) is 11.4 Å². The maximum atomic E-state index is 11.6. The van der Waals surface area contributed by atoms with Crippen LogP contribution in [0.15, 0.2) is 34.5 Å². The summed E-state index contributed by atoms with van der Waals surface area (Å²) in [6, 6.07) is 1.94. The summed E-state index contributed by atoms with van der Waals surface area (Å²) >= 11 is 2.99. The summed E-state index contributed by atoms with van der Waals surface area (Å²) in [5, 5.41) is 0.906. The molecule has 8 heteroatoms. The van der Waals surface area contributed by atoms with Gasteiger partial charge >= 0.3 is 0 Å². The Morgan fingerprint density at radius 2 is 2.11 bits per heavy atom. The predicted molar refractivity (Wildman–Crippen MR) is 119 cm³/mol. The SMILES string of the molecule is CN(C=Nc1c(C=O)sc2nccc(N(C)C)c12)C1=Cc2scnc2C=CC1. The second-order valence-corrected chi connectivity index (χ2v) is 8.45. The molecule has 0 saturated heterocycles. The van der Waals surface area contributed by atoms with Crippen molar-refractivity contribution < 1.29 is 4.79 Å². The number of aliphatic imine (C=N–C) groups is 1. The van der Waals surface area contributed by atoms with Gasteiger partial charge < -0.3 is 9.80 Å². The van der Waals surface area contributed by atoms with Gasteiger partial charge in [-0.15, -0.1) is 22.7 Å². The molecule has 3 aromatic rings. The Kier molecular flexibility index (Phi) is 5.06. The minimum Gasteiger partial charge on any atom is -0.377 e. The van der Waals surface area contributed by atoms with E-state index < -0.39 is 0 Å². The van der Waals surface area contributed by atoms with Crippen molar-refractivity contribution >= 4 is 69.0 Å². The number of aldehydes is 1. The van der Waals surface area contributed by atoms with Crippen molar-refractivity contribution in [2.45, 2.75) is 6.42 Å². The van der Waals surface area contributed by atoms with Crippen LogP contribution in [0.25, 0.3) is 22.4 Å². The van der Waals surface area contributed by atoms with Crippen LogP contribution in [0.5, 0.6) is 0 Å². The van der Waals surface area contributed by atoms with Gasteiger partial charge in [-0.2, -0.15) is 0 Å². The van der Waals surface area contributed by atoms with Crippen molar-refractivity contribution in [3.05, 3.63) is 45.0 Å². The summed E-state index contributed by atoms with van der Waals surface area (Å²) in [5.41, 5.74) is 5.63. The van der Waals surface area contributed by atoms with Crippen molar-refractivity contribution in [2.75, 3.05) is 26.0 Å². The van der Waals surface area contributed by atoms with Crippen molar-refractivity contribution in [2.24, 2.45) is 4.99 Å². The lowest BCUT2D eigenvalue weighted by molar-refractivity contribution is 0.112. The minimum absolute atomic E-state index is 0.584. The Labute approximate surface area is 171 Å². The van der Waals surface area contributed by atoms with E-state index in [2.05, 4.69) is 22.1 Å². The maximum Gasteiger partial charge on any atom is 0.162 e. The predicted octanol–water partition coefficient (Wildman–Crippen LogP) is 4.68. The molecule has 0 unspecified atom stereocenters. The molecule has 0 fully saturated rings. The molecule has 0 radical (unpaired) electrons. The van der Waals surface area contributed by atoms with E-state index >= 15 is 0 Å². The fourth-order valence-corrected chi connectivity index (χ4v) is 4.70. The van der Waals surface area contributed by atoms with Crippen LogP contribution in [0.1, 0.15) is 26.7 Å². The smallest absolute Gasteiger partial charge is 0.162 e. The number of thiophene rings is 1. The number of aromatic nitrogens is 2. The van der Waals surface area contributed by atoms with E-state index in [1.54, 1.807) is 23.9 Å². The van der Waals surface area contributed by atoms with E-state index in [1.165, 1.54) is 11.3 Å². The number of rotatable bonds is 5. The highest BCUT2D eigenvalue weighted by atomic mass is 32.1. The molecule has 3 aromatic heterocycles. The quantitative estimate of drug-likeness (QED) is 0.348. The Bertz CT molecular complexity index is 1120. The van der Waals surface area contributed by atoms with Gasteiger partial charge in [-0.1, -0.05) is 6.08 Å². The van der Waals surface area contributed by atoms with Gasteiger partial charge in [-0.25, -0.2) is 15.0 Å². The Balaban J connectivity index is 1.73. The topological polar surface area (TPSA) is 61.7 Å². The first-order valence-corrected chi connectivity index (χ1v) is 10.4. The van der Waals surface area contributed by atoms with Crippen LogP contribution in [-0.2, 0) is 0 Å². The molecule has 0 aromatic carbocycles. The molecule has 28 heavy (non-hydrogen) atoms. The summed E-state index contributed by atoms with van der Waals surface area (Å²) in [7, 11) is 5.92. The average molecular weight is 410 g/mol. The van der Waals surface area contributed by atoms with Gasteiger partial charge in [0.1, 0.15) is 4.83 Å². The van der Waals surface area contributed by atoms with Crippen LogP contribution < -0.4 is 4.90 Å². The van der Waals surface area contributed by atoms with Crippen molar-refractivity contribution in [3.8, 4) is 0 Å². The first-order valence-electron chi connectivity index (χ1n) is 8.70. The van der Waals surface area contributed by atoms with Crippen LogP contribution in [0.3, 0.4) is 0 Å². The number of fused-ring (bicyclic) bond motifs is 2. The molecule has 1 aliphatic rings. The molecule has 0 atom stereocenters. The highest BCUT2D eigenvalue weighted by Crippen LogP contribution is 2.41. The highest BCUT2D eigenvalue weighted by molar-refractivity contribution is 7.21. The summed E-state index contributed by atoms with van der Waals surface area (Å²) in [6.07, 6.45) is 11.5. The number of hydrogen-bond donors (Lipinski definition) is 0. The fourth-order valence-electron chi connectivity index (χ4n) is 3.05. The standard InChI is InChI=1S/C20H19N5OS2/c1-24(2)15-7-8-21-20-18(15)19(17(10-26)28-20)22-11-25(3)13-5-4-6-14-16(9-13)27-12-23-14/h4,6-12H,5H2,1-3H3. The lowest BCUT2D eigenvalue weighted by atomic mass is 10.2. The number of anilines is 1. The number of nitrogens with zero attached hydrogens (tertiary/aromatic N) is 5. The van der Waals surface area contributed by atoms with Gasteiger partial charge in [0.15, 0.2) is 6.29 Å². The van der Waals surface area contributed by atoms with Gasteiger partial charge in [-0.3, -0.25) is 4.79 Å². The van der Waals surface area contributed by atoms with Gasteiger partial charge in [0.25, 0.3) is 0 Å². The van der Waals surface area contributed by atoms with E-state index in [0.717, 1.165) is 44.9 Å². The van der Waals surface area contributed by atoms with Crippen molar-refractivity contribution in [3.63, 3.8) is 0 Å². The number of hydrogen-bond acceptors (Lipinski definition) is 7. The molecule has 3 heterocycles. The zero-order valence-corrected chi connectivity index (χ0v) is 17.4. The monoisotopic (exact) mass is 409 g/mol. The summed E-state index contributed by atoms with van der Waals surface area (Å²) in [6.45, 7) is 0. The zero-order chi connectivity index (χ0) is 19.7. The largest absolute Gasteiger partial charge is 0.377 e. The number of pyridine rings is 1. The van der Waals surface area contributed by atoms with Gasteiger partial charge in [0.2, 0.25) is 0 Å². The highest BCUT2D eigenvalue weighted by Gasteiger charge is 2.17. The maximum absolute atomic E-state index is 11.6. The number of carbonyl (C=O) groups is 1. The molecule has 1 aliphatic carbocycles. The van der Waals surface area contributed by atoms with E-state index in [4.69, 9.17) is 4.99 Å². The van der Waals surface area contributed by atoms with E-state index in [9.17, 15) is 4.79 Å². The van der Waals surface area contributed by atoms with Crippen LogP contribution in [-0.4, -0.2) is 48.6 Å². The normalized spacial score (nSPS) is 13.5. The molecular formula is C20H19N5OS2. The van der Waals surface area contributed by atoms with Crippen LogP contribution in [0.2, 0.25) is 0 Å². The first kappa shape index (κ1) is 18.5. The third-order valence-corrected chi connectivity index (χ3v) is 6.30. The average Bonchev–Trinajstić information content (AvgIpc) is 3.23. The fraction of sp³-hybridized carbons (Fsp3) is 0.200. The Morgan fingerprint density at radius 3 is 2.89 bits per heavy atom. The van der Waals surface area contributed by atoms with Gasteiger partial charge in [0.05, 0.1) is 44.1 Å². The third-order valence-electron chi connectivity index (χ3n) is 4.50. The molecule has 142 valence electrons. The Hall–Kier alpha value is -2.84. The van der Waals surface area contributed by atoms with Crippen LogP contribution >= 0.6 is 22.7 Å². The van der Waals surface area contributed by atoms with E-state index in [0.29, 0.717) is 10.6 Å². The van der Waals surface area contributed by atoms with Gasteiger partial charge in [-0.05, 0) is 18.2 Å². The van der Waals surface area contributed by atoms with Gasteiger partial charge in [0, 0.05) is 39.5 Å². The lowest BCUT2D eigenvalue weighted by Gasteiger charge is -2.16. The molecular weight excluding hydrogens is 390 g/mol. The Morgan fingerprint density at radius 1 is 1.25 bits per heavy atom. The lowest BCUT2D eigenvalue weighted by Crippen LogP contribution is -2.14. The second-order valence-electron chi connectivity index (χ2n) is 6.54. The van der Waals surface area contributed by atoms with Crippen molar-refractivity contribution in [1.29, 1.82) is 0 Å². The number of carbonyl (C=O) groups excluding carboxylic acids is 1. The zero-order valence-electron chi connectivity index (χ0n) is 15.8. The molecule has 0 amide bonds. The summed E-state index contributed by atoms with van der Waals surface area (Å²) in [5.74, 6) is 0. The summed E-state index contributed by atoms with van der Waals surface area (Å²) in [4.78, 5) is 31.7. The molecule has 6 nitrogen and oxygen atoms in total. The minimum atomic E-state index is 0.584. The second kappa shape index (κ2) is 7.65. The van der Waals surface area contributed by atoms with E-state index in [1.807, 2.05) is 48.6 Å². The molecule has 0 saturated carbocycles. The molecule has 0 aliphatic heterocycles. The molecule has 0 bridgehead atoms. The number of thiazole rings is 1. The van der Waals surface area contributed by atoms with Crippen LogP contribution in [0, 0.1) is 0 Å². The number of allylic oxidation sites excluding steroid dienone is 1. The first-order chi connectivity index (χ1) is 13.6. The third kappa shape index (κ3) is 3.36. The van der Waals surface area contributed by atoms with Crippen molar-refractivity contribution in [1.82, 2.24) is 14.9 Å². The molecule has 4 rings (SSSR count). The molecule has 0 spiro atoms. The van der Waals surface area contributed by atoms with E-state index in [-0.39, 0.29) is 0 Å². The summed E-state index contributed by atoms with van der Waals surface area (Å²) < 4.78 is 0.